The Morgan fingerprint density at radius 3 is 1.81 bits per heavy atom. The Morgan fingerprint density at radius 2 is 1.19 bits per heavy atom. The van der Waals surface area contributed by atoms with Crippen LogP contribution in [0.5, 0.6) is 0 Å². The van der Waals surface area contributed by atoms with Gasteiger partial charge in [0, 0.05) is 6.42 Å². The molecule has 0 spiro atoms. The summed E-state index contributed by atoms with van der Waals surface area (Å²) in [6.07, 6.45) is 1.04. The minimum absolute atomic E-state index is 0.182. The molecule has 0 bridgehead atoms. The van der Waals surface area contributed by atoms with E-state index < -0.39 is 7.92 Å². The van der Waals surface area contributed by atoms with Crippen LogP contribution < -0.4 is 15.9 Å². The zero-order valence-electron chi connectivity index (χ0n) is 17.6. The minimum Gasteiger partial charge on any atom is -0.469 e. The number of methoxy groups -OCH3 is 1. The third-order valence-corrected chi connectivity index (χ3v) is 7.81. The molecule has 4 rings (SSSR count). The molecular formula is C28H25O2P. The van der Waals surface area contributed by atoms with Gasteiger partial charge in [0.25, 0.3) is 0 Å². The Kier molecular flexibility index (Phi) is 6.92. The summed E-state index contributed by atoms with van der Waals surface area (Å²) in [6.45, 7) is 0. The molecule has 31 heavy (non-hydrogen) atoms. The lowest BCUT2D eigenvalue weighted by Crippen LogP contribution is -2.22. The molecular weight excluding hydrogens is 399 g/mol. The first kappa shape index (κ1) is 21.0. The number of benzene rings is 4. The lowest BCUT2D eigenvalue weighted by Gasteiger charge is -2.23. The fourth-order valence-electron chi connectivity index (χ4n) is 3.82. The van der Waals surface area contributed by atoms with Gasteiger partial charge in [-0.15, -0.1) is 0 Å². The average molecular weight is 424 g/mol. The molecule has 2 nitrogen and oxygen atoms in total. The Hall–Kier alpha value is -3.22. The van der Waals surface area contributed by atoms with E-state index in [9.17, 15) is 4.79 Å². The standard InChI is InChI=1S/C28H25O2P/c1-30-28(29)21-20-22-12-8-9-17-25(22)26-18-10-11-19-27(26)31(23-13-4-2-5-14-23)24-15-6-3-7-16-24/h2-19H,20-21H2,1H3. The molecule has 0 saturated heterocycles. The van der Waals surface area contributed by atoms with Gasteiger partial charge in [-0.1, -0.05) is 109 Å². The highest BCUT2D eigenvalue weighted by Gasteiger charge is 2.21. The summed E-state index contributed by atoms with van der Waals surface area (Å²) >= 11 is 0. The Labute approximate surface area is 185 Å². The predicted molar refractivity (Wildman–Crippen MR) is 131 cm³/mol. The van der Waals surface area contributed by atoms with Crippen LogP contribution in [0.4, 0.5) is 0 Å². The number of rotatable bonds is 7. The van der Waals surface area contributed by atoms with Crippen LogP contribution in [0.25, 0.3) is 11.1 Å². The smallest absolute Gasteiger partial charge is 0.305 e. The van der Waals surface area contributed by atoms with Crippen LogP contribution in [-0.2, 0) is 16.0 Å². The van der Waals surface area contributed by atoms with Gasteiger partial charge in [-0.2, -0.15) is 0 Å². The first-order chi connectivity index (χ1) is 15.3. The van der Waals surface area contributed by atoms with Crippen molar-refractivity contribution in [1.29, 1.82) is 0 Å². The molecule has 4 aromatic rings. The van der Waals surface area contributed by atoms with Crippen molar-refractivity contribution in [3.05, 3.63) is 115 Å². The van der Waals surface area contributed by atoms with Crippen LogP contribution >= 0.6 is 7.92 Å². The zero-order valence-corrected chi connectivity index (χ0v) is 18.5. The predicted octanol–water partition coefficient (Wildman–Crippen LogP) is 5.22. The highest BCUT2D eigenvalue weighted by atomic mass is 31.1. The largest absolute Gasteiger partial charge is 0.469 e. The van der Waals surface area contributed by atoms with Crippen LogP contribution in [-0.4, -0.2) is 13.1 Å². The molecule has 0 heterocycles. The Morgan fingerprint density at radius 1 is 0.677 bits per heavy atom. The van der Waals surface area contributed by atoms with Gasteiger partial charge in [0.15, 0.2) is 0 Å². The van der Waals surface area contributed by atoms with Crippen LogP contribution in [0.15, 0.2) is 109 Å². The van der Waals surface area contributed by atoms with Gasteiger partial charge >= 0.3 is 5.97 Å². The minimum atomic E-state index is -0.719. The third kappa shape index (κ3) is 4.93. The lowest BCUT2D eigenvalue weighted by molar-refractivity contribution is -0.140. The molecule has 0 aliphatic rings. The van der Waals surface area contributed by atoms with Crippen LogP contribution in [0.1, 0.15) is 12.0 Å². The van der Waals surface area contributed by atoms with E-state index in [1.165, 1.54) is 34.2 Å². The Balaban J connectivity index is 1.84. The number of carbonyl (C=O) groups is 1. The van der Waals surface area contributed by atoms with Crippen LogP contribution in [0, 0.1) is 0 Å². The van der Waals surface area contributed by atoms with Gasteiger partial charge in [-0.3, -0.25) is 4.79 Å². The summed E-state index contributed by atoms with van der Waals surface area (Å²) in [5.41, 5.74) is 3.57. The van der Waals surface area contributed by atoms with Crippen molar-refractivity contribution >= 4 is 29.8 Å². The van der Waals surface area contributed by atoms with Crippen molar-refractivity contribution < 1.29 is 9.53 Å². The highest BCUT2D eigenvalue weighted by molar-refractivity contribution is 7.80. The summed E-state index contributed by atoms with van der Waals surface area (Å²) in [6, 6.07) is 38.5. The fourth-order valence-corrected chi connectivity index (χ4v) is 6.28. The molecule has 0 aromatic heterocycles. The molecule has 0 N–H and O–H groups in total. The van der Waals surface area contributed by atoms with Gasteiger partial charge in [0.05, 0.1) is 7.11 Å². The number of hydrogen-bond donors (Lipinski definition) is 0. The van der Waals surface area contributed by atoms with Crippen molar-refractivity contribution in [2.24, 2.45) is 0 Å². The Bertz CT molecular complexity index is 1100. The maximum atomic E-state index is 11.8. The van der Waals surface area contributed by atoms with Crippen LogP contribution in [0.3, 0.4) is 0 Å². The van der Waals surface area contributed by atoms with Crippen molar-refractivity contribution in [1.82, 2.24) is 0 Å². The molecule has 0 saturated carbocycles. The molecule has 0 aliphatic carbocycles. The second-order valence-electron chi connectivity index (χ2n) is 7.26. The van der Waals surface area contributed by atoms with E-state index in [4.69, 9.17) is 4.74 Å². The topological polar surface area (TPSA) is 26.3 Å². The molecule has 0 fully saturated rings. The SMILES string of the molecule is COC(=O)CCc1ccccc1-c1ccccc1P(c1ccccc1)c1ccccc1. The number of ether oxygens (including phenoxy) is 1. The maximum Gasteiger partial charge on any atom is 0.305 e. The molecule has 0 amide bonds. The van der Waals surface area contributed by atoms with Crippen molar-refractivity contribution in [2.45, 2.75) is 12.8 Å². The average Bonchev–Trinajstić information content (AvgIpc) is 2.84. The summed E-state index contributed by atoms with van der Waals surface area (Å²) in [5, 5.41) is 3.96. The van der Waals surface area contributed by atoms with Crippen LogP contribution in [0.2, 0.25) is 0 Å². The van der Waals surface area contributed by atoms with E-state index in [0.717, 1.165) is 5.56 Å². The summed E-state index contributed by atoms with van der Waals surface area (Å²) in [7, 11) is 0.722. The number of esters is 1. The third-order valence-electron chi connectivity index (χ3n) is 5.31. The molecule has 0 aliphatic heterocycles. The van der Waals surface area contributed by atoms with E-state index in [0.29, 0.717) is 12.8 Å². The van der Waals surface area contributed by atoms with E-state index in [1.807, 2.05) is 6.07 Å². The van der Waals surface area contributed by atoms with Crippen molar-refractivity contribution in [2.75, 3.05) is 7.11 Å². The monoisotopic (exact) mass is 424 g/mol. The molecule has 4 aromatic carbocycles. The molecule has 154 valence electrons. The number of hydrogen-bond acceptors (Lipinski definition) is 2. The lowest BCUT2D eigenvalue weighted by atomic mass is 9.96. The summed E-state index contributed by atoms with van der Waals surface area (Å²) in [4.78, 5) is 11.8. The maximum absolute atomic E-state index is 11.8. The summed E-state index contributed by atoms with van der Waals surface area (Å²) in [5.74, 6) is -0.182. The van der Waals surface area contributed by atoms with E-state index in [-0.39, 0.29) is 5.97 Å². The zero-order chi connectivity index (χ0) is 21.5. The number of aryl methyl sites for hydroxylation is 1. The second kappa shape index (κ2) is 10.2. The van der Waals surface area contributed by atoms with E-state index in [1.54, 1.807) is 0 Å². The molecule has 3 heteroatoms. The first-order valence-electron chi connectivity index (χ1n) is 10.4. The van der Waals surface area contributed by atoms with Gasteiger partial charge in [-0.25, -0.2) is 0 Å². The molecule has 0 unspecified atom stereocenters. The van der Waals surface area contributed by atoms with Crippen molar-refractivity contribution in [3.8, 4) is 11.1 Å². The van der Waals surface area contributed by atoms with E-state index >= 15 is 0 Å². The van der Waals surface area contributed by atoms with Gasteiger partial charge in [0.1, 0.15) is 0 Å². The van der Waals surface area contributed by atoms with Gasteiger partial charge in [0.2, 0.25) is 0 Å². The van der Waals surface area contributed by atoms with Crippen molar-refractivity contribution in [3.63, 3.8) is 0 Å². The quantitative estimate of drug-likeness (QED) is 0.300. The highest BCUT2D eigenvalue weighted by Crippen LogP contribution is 2.37. The van der Waals surface area contributed by atoms with Gasteiger partial charge < -0.3 is 4.74 Å². The number of carbonyl (C=O) groups excluding carboxylic acids is 1. The fraction of sp³-hybridized carbons (Fsp3) is 0.107. The molecule has 0 atom stereocenters. The first-order valence-corrected chi connectivity index (χ1v) is 11.8. The van der Waals surface area contributed by atoms with Gasteiger partial charge in [-0.05, 0) is 46.9 Å². The normalized spacial score (nSPS) is 10.8. The van der Waals surface area contributed by atoms with E-state index in [2.05, 4.69) is 103 Å². The molecule has 0 radical (unpaired) electrons. The second-order valence-corrected chi connectivity index (χ2v) is 9.44. The summed E-state index contributed by atoms with van der Waals surface area (Å²) < 4.78 is 4.86.